The fraction of sp³-hybridized carbons (Fsp3) is 0.158. The molecule has 0 radical (unpaired) electrons. The molecule has 2 aromatic carbocycles. The van der Waals surface area contributed by atoms with E-state index in [9.17, 15) is 15.2 Å². The Morgan fingerprint density at radius 2 is 1.88 bits per heavy atom. The molecule has 7 heteroatoms. The minimum atomic E-state index is -0.568. The number of aryl methyl sites for hydroxylation is 1. The van der Waals surface area contributed by atoms with E-state index in [1.807, 2.05) is 6.07 Å². The van der Waals surface area contributed by atoms with Gasteiger partial charge in [-0.1, -0.05) is 0 Å². The lowest BCUT2D eigenvalue weighted by molar-refractivity contribution is -0.112. The van der Waals surface area contributed by atoms with E-state index in [0.29, 0.717) is 28.4 Å². The highest BCUT2D eigenvalue weighted by atomic mass is 16.5. The van der Waals surface area contributed by atoms with Crippen LogP contribution in [0.25, 0.3) is 0 Å². The molecule has 0 aliphatic carbocycles. The van der Waals surface area contributed by atoms with Crippen molar-refractivity contribution in [3.05, 3.63) is 53.7 Å². The number of rotatable bonds is 6. The number of carbonyl (C=O) groups is 1. The third-order valence-corrected chi connectivity index (χ3v) is 3.60. The van der Waals surface area contributed by atoms with Gasteiger partial charge >= 0.3 is 0 Å². The summed E-state index contributed by atoms with van der Waals surface area (Å²) >= 11 is 0. The summed E-state index contributed by atoms with van der Waals surface area (Å²) in [4.78, 5) is 12.3. The average molecular weight is 353 g/mol. The Morgan fingerprint density at radius 1 is 1.15 bits per heavy atom. The summed E-state index contributed by atoms with van der Waals surface area (Å²) < 4.78 is 10.4. The number of nitriles is 1. The van der Waals surface area contributed by atoms with Gasteiger partial charge in [0.2, 0.25) is 0 Å². The van der Waals surface area contributed by atoms with Gasteiger partial charge in [-0.25, -0.2) is 0 Å². The highest BCUT2D eigenvalue weighted by Crippen LogP contribution is 2.29. The first-order chi connectivity index (χ1) is 12.5. The van der Waals surface area contributed by atoms with Crippen LogP contribution < -0.4 is 20.1 Å². The van der Waals surface area contributed by atoms with Gasteiger partial charge in [0.15, 0.2) is 0 Å². The van der Waals surface area contributed by atoms with Gasteiger partial charge in [-0.3, -0.25) is 4.79 Å². The SMILES string of the molecule is COc1ccc(N/C=C(/C#N)C(=O)Nc2ccc(O)cc2C)c(OC)c1. The van der Waals surface area contributed by atoms with E-state index < -0.39 is 5.91 Å². The molecule has 7 nitrogen and oxygen atoms in total. The molecule has 2 aromatic rings. The maximum atomic E-state index is 12.3. The maximum Gasteiger partial charge on any atom is 0.267 e. The predicted molar refractivity (Wildman–Crippen MR) is 98.3 cm³/mol. The molecule has 0 aliphatic heterocycles. The number of hydrogen-bond donors (Lipinski definition) is 3. The van der Waals surface area contributed by atoms with E-state index in [2.05, 4.69) is 10.6 Å². The Kier molecular flexibility index (Phi) is 6.06. The zero-order valence-electron chi connectivity index (χ0n) is 14.7. The van der Waals surface area contributed by atoms with Crippen LogP contribution in [0.15, 0.2) is 48.2 Å². The Balaban J connectivity index is 2.17. The molecule has 0 fully saturated rings. The molecule has 0 saturated heterocycles. The van der Waals surface area contributed by atoms with Gasteiger partial charge in [-0.15, -0.1) is 0 Å². The minimum absolute atomic E-state index is 0.102. The van der Waals surface area contributed by atoms with Gasteiger partial charge in [-0.2, -0.15) is 5.26 Å². The van der Waals surface area contributed by atoms with Crippen LogP contribution >= 0.6 is 0 Å². The number of phenols is 1. The smallest absolute Gasteiger partial charge is 0.267 e. The molecule has 0 saturated carbocycles. The average Bonchev–Trinajstić information content (AvgIpc) is 2.64. The number of anilines is 2. The van der Waals surface area contributed by atoms with Crippen LogP contribution in [0.3, 0.4) is 0 Å². The topological polar surface area (TPSA) is 104 Å². The predicted octanol–water partition coefficient (Wildman–Crippen LogP) is 3.18. The van der Waals surface area contributed by atoms with Gasteiger partial charge in [0.05, 0.1) is 19.9 Å². The third-order valence-electron chi connectivity index (χ3n) is 3.60. The quantitative estimate of drug-likeness (QED) is 0.419. The Hall–Kier alpha value is -3.66. The second kappa shape index (κ2) is 8.44. The lowest BCUT2D eigenvalue weighted by Gasteiger charge is -2.11. The van der Waals surface area contributed by atoms with Crippen LogP contribution in [0.2, 0.25) is 0 Å². The second-order valence-corrected chi connectivity index (χ2v) is 5.33. The monoisotopic (exact) mass is 353 g/mol. The van der Waals surface area contributed by atoms with Crippen molar-refractivity contribution < 1.29 is 19.4 Å². The molecule has 0 unspecified atom stereocenters. The summed E-state index contributed by atoms with van der Waals surface area (Å²) in [6.45, 7) is 1.74. The summed E-state index contributed by atoms with van der Waals surface area (Å²) in [5.41, 5.74) is 1.65. The molecular formula is C19H19N3O4. The summed E-state index contributed by atoms with van der Waals surface area (Å²) in [6.07, 6.45) is 1.30. The van der Waals surface area contributed by atoms with Crippen LogP contribution in [0.5, 0.6) is 17.2 Å². The molecular weight excluding hydrogens is 334 g/mol. The highest BCUT2D eigenvalue weighted by Gasteiger charge is 2.12. The number of amides is 1. The Morgan fingerprint density at radius 3 is 2.50 bits per heavy atom. The summed E-state index contributed by atoms with van der Waals surface area (Å²) in [6, 6.07) is 11.5. The maximum absolute atomic E-state index is 12.3. The lowest BCUT2D eigenvalue weighted by Crippen LogP contribution is -2.15. The van der Waals surface area contributed by atoms with Crippen molar-refractivity contribution in [2.45, 2.75) is 6.92 Å². The zero-order valence-corrected chi connectivity index (χ0v) is 14.7. The molecule has 0 aromatic heterocycles. The molecule has 0 heterocycles. The van der Waals surface area contributed by atoms with E-state index in [4.69, 9.17) is 9.47 Å². The number of nitrogens with zero attached hydrogens (tertiary/aromatic N) is 1. The molecule has 0 spiro atoms. The van der Waals surface area contributed by atoms with Gasteiger partial charge in [0.25, 0.3) is 5.91 Å². The molecule has 2 rings (SSSR count). The first kappa shape index (κ1) is 18.7. The van der Waals surface area contributed by atoms with Crippen molar-refractivity contribution in [1.29, 1.82) is 5.26 Å². The van der Waals surface area contributed by atoms with E-state index in [-0.39, 0.29) is 11.3 Å². The van der Waals surface area contributed by atoms with Crippen LogP contribution in [-0.2, 0) is 4.79 Å². The van der Waals surface area contributed by atoms with Crippen molar-refractivity contribution in [1.82, 2.24) is 0 Å². The van der Waals surface area contributed by atoms with Crippen molar-refractivity contribution in [2.24, 2.45) is 0 Å². The zero-order chi connectivity index (χ0) is 19.1. The molecule has 0 bridgehead atoms. The Bertz CT molecular complexity index is 885. The van der Waals surface area contributed by atoms with Gasteiger partial charge in [0.1, 0.15) is 28.9 Å². The van der Waals surface area contributed by atoms with Crippen LogP contribution in [0.1, 0.15) is 5.56 Å². The largest absolute Gasteiger partial charge is 0.508 e. The lowest BCUT2D eigenvalue weighted by atomic mass is 10.2. The number of carbonyl (C=O) groups excluding carboxylic acids is 1. The first-order valence-electron chi connectivity index (χ1n) is 7.68. The highest BCUT2D eigenvalue weighted by molar-refractivity contribution is 6.07. The van der Waals surface area contributed by atoms with Gasteiger partial charge in [0, 0.05) is 18.0 Å². The number of aromatic hydroxyl groups is 1. The summed E-state index contributed by atoms with van der Waals surface area (Å²) in [5.74, 6) is 0.663. The van der Waals surface area contributed by atoms with Crippen molar-refractivity contribution in [3.63, 3.8) is 0 Å². The standard InChI is InChI=1S/C19H19N3O4/c1-12-8-14(23)4-6-16(12)22-19(24)13(10-20)11-21-17-7-5-15(25-2)9-18(17)26-3/h4-9,11,21,23H,1-3H3,(H,22,24)/b13-11-. The molecule has 1 amide bonds. The molecule has 0 aliphatic rings. The number of phenolic OH excluding ortho intramolecular Hbond substituents is 1. The molecule has 134 valence electrons. The summed E-state index contributed by atoms with van der Waals surface area (Å²) in [5, 5.41) is 24.2. The van der Waals surface area contributed by atoms with E-state index in [0.717, 1.165) is 0 Å². The van der Waals surface area contributed by atoms with Crippen molar-refractivity contribution in [3.8, 4) is 23.3 Å². The van der Waals surface area contributed by atoms with Crippen LogP contribution in [-0.4, -0.2) is 25.2 Å². The fourth-order valence-electron chi connectivity index (χ4n) is 2.19. The van der Waals surface area contributed by atoms with Crippen LogP contribution in [0, 0.1) is 18.3 Å². The minimum Gasteiger partial charge on any atom is -0.508 e. The van der Waals surface area contributed by atoms with Crippen LogP contribution in [0.4, 0.5) is 11.4 Å². The fourth-order valence-corrected chi connectivity index (χ4v) is 2.19. The number of nitrogens with one attached hydrogen (secondary N) is 2. The van der Waals surface area contributed by atoms with Crippen molar-refractivity contribution >= 4 is 17.3 Å². The molecule has 26 heavy (non-hydrogen) atoms. The normalized spacial score (nSPS) is 10.6. The van der Waals surface area contributed by atoms with E-state index >= 15 is 0 Å². The summed E-state index contributed by atoms with van der Waals surface area (Å²) in [7, 11) is 3.06. The van der Waals surface area contributed by atoms with E-state index in [1.165, 1.54) is 25.4 Å². The Labute approximate surface area is 151 Å². The number of ether oxygens (including phenoxy) is 2. The van der Waals surface area contributed by atoms with E-state index in [1.54, 1.807) is 38.3 Å². The molecule has 3 N–H and O–H groups in total. The number of benzene rings is 2. The number of methoxy groups -OCH3 is 2. The number of hydrogen-bond acceptors (Lipinski definition) is 6. The van der Waals surface area contributed by atoms with Gasteiger partial charge in [-0.05, 0) is 42.8 Å². The van der Waals surface area contributed by atoms with Gasteiger partial charge < -0.3 is 25.2 Å². The van der Waals surface area contributed by atoms with Crippen molar-refractivity contribution in [2.75, 3.05) is 24.9 Å². The molecule has 0 atom stereocenters. The first-order valence-corrected chi connectivity index (χ1v) is 7.68. The third kappa shape index (κ3) is 4.45. The second-order valence-electron chi connectivity index (χ2n) is 5.33.